The van der Waals surface area contributed by atoms with Crippen molar-refractivity contribution in [2.75, 3.05) is 13.2 Å². The van der Waals surface area contributed by atoms with Gasteiger partial charge in [-0.25, -0.2) is 0 Å². The van der Waals surface area contributed by atoms with Crippen LogP contribution in [0.4, 0.5) is 0 Å². The van der Waals surface area contributed by atoms with Crippen LogP contribution in [0, 0.1) is 6.92 Å². The summed E-state index contributed by atoms with van der Waals surface area (Å²) in [6.45, 7) is 9.30. The number of aryl methyl sites for hydroxylation is 1. The summed E-state index contributed by atoms with van der Waals surface area (Å²) in [6.07, 6.45) is 2.18. The first-order valence-corrected chi connectivity index (χ1v) is 7.57. The Hall–Kier alpha value is -1.06. The van der Waals surface area contributed by atoms with Crippen LogP contribution < -0.4 is 10.5 Å². The van der Waals surface area contributed by atoms with Crippen LogP contribution >= 0.6 is 0 Å². The van der Waals surface area contributed by atoms with E-state index >= 15 is 0 Å². The first-order chi connectivity index (χ1) is 9.41. The van der Waals surface area contributed by atoms with Gasteiger partial charge in [-0.2, -0.15) is 0 Å². The van der Waals surface area contributed by atoms with Gasteiger partial charge in [-0.05, 0) is 49.3 Å². The van der Waals surface area contributed by atoms with Crippen molar-refractivity contribution >= 4 is 0 Å². The highest BCUT2D eigenvalue weighted by Crippen LogP contribution is 2.28. The molecule has 1 atom stereocenters. The van der Waals surface area contributed by atoms with Crippen LogP contribution in [-0.4, -0.2) is 23.9 Å². The molecule has 1 aromatic rings. The topological polar surface area (TPSA) is 55.5 Å². The molecule has 20 heavy (non-hydrogen) atoms. The predicted octanol–water partition coefficient (Wildman–Crippen LogP) is 3.38. The maximum absolute atomic E-state index is 10.1. The largest absolute Gasteiger partial charge is 0.493 e. The molecule has 3 nitrogen and oxygen atoms in total. The number of benzene rings is 1. The highest BCUT2D eigenvalue weighted by atomic mass is 16.5. The van der Waals surface area contributed by atoms with E-state index in [1.165, 1.54) is 11.1 Å². The Bertz CT molecular complexity index is 411. The molecule has 0 radical (unpaired) electrons. The quantitative estimate of drug-likeness (QED) is 0.717. The fraction of sp³-hybridized carbons (Fsp3) is 0.647. The normalized spacial score (nSPS) is 14.3. The number of hydrogen-bond acceptors (Lipinski definition) is 3. The Kier molecular flexibility index (Phi) is 6.50. The molecule has 3 heteroatoms. The summed E-state index contributed by atoms with van der Waals surface area (Å²) in [6, 6.07) is 6.34. The number of hydrogen-bond donors (Lipinski definition) is 2. The molecule has 0 bridgehead atoms. The molecule has 0 aliphatic heterocycles. The highest BCUT2D eigenvalue weighted by Gasteiger charge is 2.21. The van der Waals surface area contributed by atoms with Gasteiger partial charge in [-0.15, -0.1) is 0 Å². The van der Waals surface area contributed by atoms with Crippen LogP contribution in [0.5, 0.6) is 5.75 Å². The number of ether oxygens (including phenoxy) is 1. The van der Waals surface area contributed by atoms with Gasteiger partial charge >= 0.3 is 0 Å². The average molecular weight is 279 g/mol. The fourth-order valence-corrected chi connectivity index (χ4v) is 2.25. The van der Waals surface area contributed by atoms with Gasteiger partial charge in [0.15, 0.2) is 0 Å². The summed E-state index contributed by atoms with van der Waals surface area (Å²) in [5.74, 6) is 1.41. The van der Waals surface area contributed by atoms with Crippen molar-refractivity contribution in [3.8, 4) is 5.75 Å². The molecule has 1 aromatic carbocycles. The molecule has 0 amide bonds. The van der Waals surface area contributed by atoms with Crippen molar-refractivity contribution in [1.29, 1.82) is 0 Å². The Balaban J connectivity index is 2.56. The molecule has 0 saturated heterocycles. The lowest BCUT2D eigenvalue weighted by Crippen LogP contribution is -2.37. The van der Waals surface area contributed by atoms with Crippen molar-refractivity contribution in [3.63, 3.8) is 0 Å². The van der Waals surface area contributed by atoms with Gasteiger partial charge in [0.2, 0.25) is 0 Å². The minimum atomic E-state index is -0.739. The molecule has 0 fully saturated rings. The Labute approximate surface area is 123 Å². The van der Waals surface area contributed by atoms with E-state index in [9.17, 15) is 5.11 Å². The monoisotopic (exact) mass is 279 g/mol. The van der Waals surface area contributed by atoms with E-state index in [4.69, 9.17) is 10.5 Å². The minimum Gasteiger partial charge on any atom is -0.493 e. The molecule has 0 heterocycles. The van der Waals surface area contributed by atoms with Crippen molar-refractivity contribution < 1.29 is 9.84 Å². The summed E-state index contributed by atoms with van der Waals surface area (Å²) in [7, 11) is 0. The number of aliphatic hydroxyl groups is 1. The summed E-state index contributed by atoms with van der Waals surface area (Å²) in [5.41, 5.74) is 7.31. The van der Waals surface area contributed by atoms with Crippen LogP contribution in [0.2, 0.25) is 0 Å². The van der Waals surface area contributed by atoms with E-state index in [2.05, 4.69) is 39.0 Å². The van der Waals surface area contributed by atoms with Gasteiger partial charge in [0, 0.05) is 6.54 Å². The van der Waals surface area contributed by atoms with E-state index in [1.807, 2.05) is 6.92 Å². The third kappa shape index (κ3) is 4.80. The zero-order chi connectivity index (χ0) is 15.2. The summed E-state index contributed by atoms with van der Waals surface area (Å²) in [5, 5.41) is 10.1. The van der Waals surface area contributed by atoms with Gasteiger partial charge in [0.25, 0.3) is 0 Å². The SMILES string of the molecule is CCC(O)(CN)CCCOc1cc(C)ccc1C(C)C. The molecule has 3 N–H and O–H groups in total. The van der Waals surface area contributed by atoms with E-state index in [0.717, 1.165) is 12.2 Å². The van der Waals surface area contributed by atoms with Crippen LogP contribution in [0.25, 0.3) is 0 Å². The second kappa shape index (κ2) is 7.65. The van der Waals surface area contributed by atoms with Crippen LogP contribution in [0.1, 0.15) is 57.1 Å². The van der Waals surface area contributed by atoms with E-state index in [-0.39, 0.29) is 0 Å². The lowest BCUT2D eigenvalue weighted by molar-refractivity contribution is 0.0308. The molecule has 1 rings (SSSR count). The summed E-state index contributed by atoms with van der Waals surface area (Å²) in [4.78, 5) is 0. The standard InChI is InChI=1S/C17H29NO2/c1-5-17(19,12-18)9-6-10-20-16-11-14(4)7-8-15(16)13(2)3/h7-8,11,13,19H,5-6,9-10,12,18H2,1-4H3. The maximum Gasteiger partial charge on any atom is 0.122 e. The van der Waals surface area contributed by atoms with Crippen LogP contribution in [0.3, 0.4) is 0 Å². The summed E-state index contributed by atoms with van der Waals surface area (Å²) >= 11 is 0. The second-order valence-corrected chi connectivity index (χ2v) is 5.93. The van der Waals surface area contributed by atoms with Crippen molar-refractivity contribution in [2.24, 2.45) is 5.73 Å². The van der Waals surface area contributed by atoms with Gasteiger partial charge < -0.3 is 15.6 Å². The van der Waals surface area contributed by atoms with Gasteiger partial charge in [0.05, 0.1) is 12.2 Å². The third-order valence-electron chi connectivity index (χ3n) is 3.87. The van der Waals surface area contributed by atoms with E-state index in [0.29, 0.717) is 31.9 Å². The van der Waals surface area contributed by atoms with Crippen molar-refractivity contribution in [2.45, 2.75) is 58.5 Å². The van der Waals surface area contributed by atoms with E-state index < -0.39 is 5.60 Å². The number of nitrogens with two attached hydrogens (primary N) is 1. The molecular formula is C17H29NO2. The van der Waals surface area contributed by atoms with E-state index in [1.54, 1.807) is 0 Å². The molecular weight excluding hydrogens is 250 g/mol. The highest BCUT2D eigenvalue weighted by molar-refractivity contribution is 5.39. The third-order valence-corrected chi connectivity index (χ3v) is 3.87. The molecule has 114 valence electrons. The Morgan fingerprint density at radius 2 is 2.05 bits per heavy atom. The fourth-order valence-electron chi connectivity index (χ4n) is 2.25. The second-order valence-electron chi connectivity index (χ2n) is 5.93. The molecule has 1 unspecified atom stereocenters. The Morgan fingerprint density at radius 3 is 2.60 bits per heavy atom. The van der Waals surface area contributed by atoms with Crippen LogP contribution in [0.15, 0.2) is 18.2 Å². The molecule has 0 spiro atoms. The maximum atomic E-state index is 10.1. The lowest BCUT2D eigenvalue weighted by atomic mass is 9.95. The average Bonchev–Trinajstić information content (AvgIpc) is 2.43. The summed E-state index contributed by atoms with van der Waals surface area (Å²) < 4.78 is 5.91. The first-order valence-electron chi connectivity index (χ1n) is 7.57. The zero-order valence-corrected chi connectivity index (χ0v) is 13.3. The van der Waals surface area contributed by atoms with Gasteiger partial charge in [-0.3, -0.25) is 0 Å². The minimum absolute atomic E-state index is 0.311. The van der Waals surface area contributed by atoms with Gasteiger partial charge in [0.1, 0.15) is 5.75 Å². The molecule has 0 saturated carbocycles. The molecule has 0 aliphatic carbocycles. The Morgan fingerprint density at radius 1 is 1.35 bits per heavy atom. The predicted molar refractivity (Wildman–Crippen MR) is 84.3 cm³/mol. The smallest absolute Gasteiger partial charge is 0.122 e. The van der Waals surface area contributed by atoms with Crippen molar-refractivity contribution in [3.05, 3.63) is 29.3 Å². The first kappa shape index (κ1) is 17.0. The van der Waals surface area contributed by atoms with Crippen LogP contribution in [-0.2, 0) is 0 Å². The zero-order valence-electron chi connectivity index (χ0n) is 13.3. The van der Waals surface area contributed by atoms with Crippen molar-refractivity contribution in [1.82, 2.24) is 0 Å². The number of rotatable bonds is 8. The van der Waals surface area contributed by atoms with Gasteiger partial charge in [-0.1, -0.05) is 32.9 Å². The molecule has 0 aromatic heterocycles. The molecule has 0 aliphatic rings. The lowest BCUT2D eigenvalue weighted by Gasteiger charge is -2.24.